The fraction of sp³-hybridized carbons (Fsp3) is 0.0435. The molecule has 0 radical (unpaired) electrons. The summed E-state index contributed by atoms with van der Waals surface area (Å²) >= 11 is 0. The van der Waals surface area contributed by atoms with Crippen molar-refractivity contribution in [2.45, 2.75) is 6.92 Å². The van der Waals surface area contributed by atoms with Crippen molar-refractivity contribution >= 4 is 29.0 Å². The lowest BCUT2D eigenvalue weighted by Gasteiger charge is -2.09. The van der Waals surface area contributed by atoms with Gasteiger partial charge >= 0.3 is 0 Å². The van der Waals surface area contributed by atoms with Gasteiger partial charge in [-0.05, 0) is 67.6 Å². The zero-order valence-corrected chi connectivity index (χ0v) is 15.6. The molecule has 29 heavy (non-hydrogen) atoms. The number of nitrogens with one attached hydrogen (secondary N) is 2. The summed E-state index contributed by atoms with van der Waals surface area (Å²) in [4.78, 5) is 36.3. The third kappa shape index (κ3) is 4.93. The molecule has 0 unspecified atom stereocenters. The highest BCUT2D eigenvalue weighted by molar-refractivity contribution is 6.08. The summed E-state index contributed by atoms with van der Waals surface area (Å²) < 4.78 is 0. The second kappa shape index (κ2) is 8.63. The van der Waals surface area contributed by atoms with Crippen molar-refractivity contribution in [2.24, 2.45) is 0 Å². The maximum Gasteiger partial charge on any atom is 0.255 e. The Morgan fingerprint density at radius 3 is 1.90 bits per heavy atom. The Labute approximate surface area is 167 Å². The summed E-state index contributed by atoms with van der Waals surface area (Å²) in [5, 5.41) is 14.4. The van der Waals surface area contributed by atoms with Gasteiger partial charge in [0, 0.05) is 28.1 Å². The number of nitrogens with zero attached hydrogens (tertiary/aromatic N) is 1. The molecule has 0 heterocycles. The minimum atomic E-state index is -0.388. The predicted molar refractivity (Wildman–Crippen MR) is 110 cm³/mol. The second-order valence-corrected chi connectivity index (χ2v) is 6.32. The molecule has 0 spiro atoms. The third-order valence-corrected chi connectivity index (χ3v) is 4.19. The number of hydrogen-bond acceptors (Lipinski definition) is 4. The molecule has 0 aliphatic rings. The molecular formula is C23H17N3O3. The molecular weight excluding hydrogens is 366 g/mol. The van der Waals surface area contributed by atoms with Crippen LogP contribution in [0.3, 0.4) is 0 Å². The molecule has 3 rings (SSSR count). The van der Waals surface area contributed by atoms with Gasteiger partial charge in [0.1, 0.15) is 0 Å². The minimum Gasteiger partial charge on any atom is -0.322 e. The first kappa shape index (κ1) is 19.5. The zero-order valence-electron chi connectivity index (χ0n) is 15.6. The third-order valence-electron chi connectivity index (χ3n) is 4.19. The molecule has 0 bridgehead atoms. The van der Waals surface area contributed by atoms with E-state index in [2.05, 4.69) is 10.6 Å². The van der Waals surface area contributed by atoms with E-state index in [9.17, 15) is 14.4 Å². The fourth-order valence-electron chi connectivity index (χ4n) is 2.66. The Morgan fingerprint density at radius 2 is 1.31 bits per heavy atom. The van der Waals surface area contributed by atoms with E-state index in [0.29, 0.717) is 33.6 Å². The maximum absolute atomic E-state index is 12.5. The molecule has 0 aromatic heterocycles. The monoisotopic (exact) mass is 383 g/mol. The molecule has 0 saturated carbocycles. The van der Waals surface area contributed by atoms with Crippen LogP contribution in [0, 0.1) is 11.3 Å². The van der Waals surface area contributed by atoms with Crippen molar-refractivity contribution in [3.8, 4) is 6.07 Å². The smallest absolute Gasteiger partial charge is 0.255 e. The van der Waals surface area contributed by atoms with Crippen LogP contribution in [0.4, 0.5) is 11.4 Å². The van der Waals surface area contributed by atoms with Crippen LogP contribution in [0.25, 0.3) is 0 Å². The zero-order chi connectivity index (χ0) is 20.8. The van der Waals surface area contributed by atoms with Gasteiger partial charge in [-0.2, -0.15) is 5.26 Å². The average molecular weight is 383 g/mol. The summed E-state index contributed by atoms with van der Waals surface area (Å²) in [6.07, 6.45) is 0. The number of hydrogen-bond donors (Lipinski definition) is 2. The molecule has 0 saturated heterocycles. The number of rotatable bonds is 5. The Hall–Kier alpha value is -4.24. The summed E-state index contributed by atoms with van der Waals surface area (Å²) in [7, 11) is 0. The lowest BCUT2D eigenvalue weighted by atomic mass is 10.1. The van der Waals surface area contributed by atoms with E-state index >= 15 is 0 Å². The van der Waals surface area contributed by atoms with Gasteiger partial charge in [-0.25, -0.2) is 0 Å². The number of Topliss-reactive ketones (excluding diaryl/α,β-unsaturated/α-hetero) is 1. The SMILES string of the molecule is CC(=O)c1ccc(NC(=O)c2cccc(C(=O)Nc3cccc(C#N)c3)c2)cc1. The Kier molecular flexibility index (Phi) is 5.81. The molecule has 2 amide bonds. The minimum absolute atomic E-state index is 0.0538. The van der Waals surface area contributed by atoms with Gasteiger partial charge in [0.15, 0.2) is 5.78 Å². The maximum atomic E-state index is 12.5. The molecule has 0 atom stereocenters. The highest BCUT2D eigenvalue weighted by atomic mass is 16.2. The van der Waals surface area contributed by atoms with Crippen LogP contribution in [0.1, 0.15) is 43.6 Å². The van der Waals surface area contributed by atoms with E-state index in [-0.39, 0.29) is 17.6 Å². The summed E-state index contributed by atoms with van der Waals surface area (Å²) in [5.74, 6) is -0.816. The van der Waals surface area contributed by atoms with Crippen molar-refractivity contribution in [1.29, 1.82) is 5.26 Å². The standard InChI is InChI=1S/C23H17N3O3/c1-15(27)17-8-10-20(11-9-17)25-22(28)18-5-3-6-19(13-18)23(29)26-21-7-2-4-16(12-21)14-24/h2-13H,1H3,(H,25,28)(H,26,29). The van der Waals surface area contributed by atoms with Gasteiger partial charge < -0.3 is 10.6 Å². The average Bonchev–Trinajstić information content (AvgIpc) is 2.74. The first-order chi connectivity index (χ1) is 14.0. The van der Waals surface area contributed by atoms with Crippen LogP contribution in [-0.2, 0) is 0 Å². The van der Waals surface area contributed by atoms with Gasteiger partial charge in [0.25, 0.3) is 11.8 Å². The highest BCUT2D eigenvalue weighted by Crippen LogP contribution is 2.15. The number of carbonyl (C=O) groups excluding carboxylic acids is 3. The van der Waals surface area contributed by atoms with Gasteiger partial charge in [0.05, 0.1) is 11.6 Å². The van der Waals surface area contributed by atoms with Gasteiger partial charge in [-0.1, -0.05) is 12.1 Å². The van der Waals surface area contributed by atoms with Crippen molar-refractivity contribution in [1.82, 2.24) is 0 Å². The van der Waals surface area contributed by atoms with Crippen LogP contribution < -0.4 is 10.6 Å². The van der Waals surface area contributed by atoms with Crippen molar-refractivity contribution in [2.75, 3.05) is 10.6 Å². The Bertz CT molecular complexity index is 1130. The van der Waals surface area contributed by atoms with Crippen LogP contribution in [0.2, 0.25) is 0 Å². The van der Waals surface area contributed by atoms with Crippen LogP contribution in [-0.4, -0.2) is 17.6 Å². The van der Waals surface area contributed by atoms with Gasteiger partial charge in [-0.15, -0.1) is 0 Å². The summed E-state index contributed by atoms with van der Waals surface area (Å²) in [6, 6.07) is 21.5. The second-order valence-electron chi connectivity index (χ2n) is 6.32. The molecule has 3 aromatic carbocycles. The topological polar surface area (TPSA) is 99.1 Å². The number of ketones is 1. The molecule has 0 fully saturated rings. The Balaban J connectivity index is 1.72. The highest BCUT2D eigenvalue weighted by Gasteiger charge is 2.12. The summed E-state index contributed by atoms with van der Waals surface area (Å²) in [5.41, 5.74) is 2.66. The lowest BCUT2D eigenvalue weighted by molar-refractivity contribution is 0.101. The lowest BCUT2D eigenvalue weighted by Crippen LogP contribution is -2.15. The molecule has 6 heteroatoms. The molecule has 142 valence electrons. The number of amides is 2. The van der Waals surface area contributed by atoms with Crippen molar-refractivity contribution < 1.29 is 14.4 Å². The van der Waals surface area contributed by atoms with Gasteiger partial charge in [0.2, 0.25) is 0 Å². The van der Waals surface area contributed by atoms with E-state index < -0.39 is 0 Å². The normalized spacial score (nSPS) is 9.93. The molecule has 2 N–H and O–H groups in total. The number of carbonyl (C=O) groups is 3. The largest absolute Gasteiger partial charge is 0.322 e. The molecule has 0 aliphatic heterocycles. The van der Waals surface area contributed by atoms with E-state index in [4.69, 9.17) is 5.26 Å². The van der Waals surface area contributed by atoms with Crippen molar-refractivity contribution in [3.05, 3.63) is 95.1 Å². The summed E-state index contributed by atoms with van der Waals surface area (Å²) in [6.45, 7) is 1.47. The van der Waals surface area contributed by atoms with E-state index in [0.717, 1.165) is 0 Å². The van der Waals surface area contributed by atoms with Crippen molar-refractivity contribution in [3.63, 3.8) is 0 Å². The number of benzene rings is 3. The van der Waals surface area contributed by atoms with E-state index in [1.807, 2.05) is 6.07 Å². The molecule has 0 aliphatic carbocycles. The molecule has 6 nitrogen and oxygen atoms in total. The van der Waals surface area contributed by atoms with Gasteiger partial charge in [-0.3, -0.25) is 14.4 Å². The Morgan fingerprint density at radius 1 is 0.724 bits per heavy atom. The molecule has 3 aromatic rings. The van der Waals surface area contributed by atoms with E-state index in [1.165, 1.54) is 13.0 Å². The number of anilines is 2. The van der Waals surface area contributed by atoms with Crippen LogP contribution in [0.5, 0.6) is 0 Å². The predicted octanol–water partition coefficient (Wildman–Crippen LogP) is 4.27. The fourth-order valence-corrected chi connectivity index (χ4v) is 2.66. The first-order valence-electron chi connectivity index (χ1n) is 8.80. The number of nitriles is 1. The van der Waals surface area contributed by atoms with Crippen LogP contribution in [0.15, 0.2) is 72.8 Å². The quantitative estimate of drug-likeness (QED) is 0.643. The first-order valence-corrected chi connectivity index (χ1v) is 8.80. The van der Waals surface area contributed by atoms with E-state index in [1.54, 1.807) is 66.7 Å². The van der Waals surface area contributed by atoms with Crippen LogP contribution >= 0.6 is 0 Å².